The van der Waals surface area contributed by atoms with Gasteiger partial charge in [0.15, 0.2) is 6.61 Å². The molecule has 1 aromatic heterocycles. The van der Waals surface area contributed by atoms with Crippen LogP contribution in [0.25, 0.3) is 11.1 Å². The van der Waals surface area contributed by atoms with Crippen molar-refractivity contribution >= 4 is 0 Å². The molecule has 0 unspecified atom stereocenters. The minimum absolute atomic E-state index is 0.0624. The normalized spacial score (nSPS) is 13.8. The van der Waals surface area contributed by atoms with Crippen molar-refractivity contribution in [1.29, 1.82) is 5.26 Å². The molecule has 3 rings (SSSR count). The Labute approximate surface area is 182 Å². The third-order valence-electron chi connectivity index (χ3n) is 4.61. The van der Waals surface area contributed by atoms with E-state index >= 15 is 8.78 Å². The van der Waals surface area contributed by atoms with Gasteiger partial charge in [-0.1, -0.05) is 18.2 Å². The molecule has 4 nitrogen and oxygen atoms in total. The predicted molar refractivity (Wildman–Crippen MR) is 101 cm³/mol. The number of aliphatic hydroxyl groups is 1. The van der Waals surface area contributed by atoms with Gasteiger partial charge in [-0.15, -0.1) is 0 Å². The summed E-state index contributed by atoms with van der Waals surface area (Å²) in [6, 6.07) is 9.60. The molecule has 33 heavy (non-hydrogen) atoms. The minimum Gasteiger partial charge on any atom is -0.484 e. The fraction of sp³-hybridized carbons (Fsp3) is 0.182. The molecule has 0 spiro atoms. The summed E-state index contributed by atoms with van der Waals surface area (Å²) in [5.41, 5.74) is -5.19. The molecule has 0 aliphatic carbocycles. The lowest BCUT2D eigenvalue weighted by atomic mass is 9.86. The highest BCUT2D eigenvalue weighted by Gasteiger charge is 2.58. The van der Waals surface area contributed by atoms with E-state index < -0.39 is 47.2 Å². The van der Waals surface area contributed by atoms with Gasteiger partial charge in [-0.05, 0) is 35.9 Å². The second-order valence-corrected chi connectivity index (χ2v) is 6.88. The summed E-state index contributed by atoms with van der Waals surface area (Å²) in [4.78, 5) is 3.57. The Morgan fingerprint density at radius 1 is 0.909 bits per heavy atom. The van der Waals surface area contributed by atoms with Crippen LogP contribution in [0.2, 0.25) is 0 Å². The number of pyridine rings is 1. The summed E-state index contributed by atoms with van der Waals surface area (Å²) in [5.74, 6) is -7.08. The fourth-order valence-electron chi connectivity index (χ4n) is 2.93. The molecular formula is C22H13F7N2O2. The predicted octanol–water partition coefficient (Wildman–Crippen LogP) is 5.47. The number of nitrogens with zero attached hydrogens (tertiary/aromatic N) is 2. The lowest BCUT2D eigenvalue weighted by molar-refractivity contribution is -0.166. The molecule has 0 radical (unpaired) electrons. The molecule has 172 valence electrons. The number of halogens is 7. The molecule has 0 amide bonds. The number of nitriles is 1. The number of rotatable bonds is 6. The van der Waals surface area contributed by atoms with E-state index in [0.717, 1.165) is 18.3 Å². The van der Waals surface area contributed by atoms with Crippen molar-refractivity contribution in [3.05, 3.63) is 83.7 Å². The summed E-state index contributed by atoms with van der Waals surface area (Å²) < 4.78 is 98.4. The number of alkyl halides is 5. The van der Waals surface area contributed by atoms with Crippen LogP contribution in [0.1, 0.15) is 11.3 Å². The van der Waals surface area contributed by atoms with Gasteiger partial charge in [-0.25, -0.2) is 8.78 Å². The number of hydrogen-bond donors (Lipinski definition) is 1. The fourth-order valence-corrected chi connectivity index (χ4v) is 2.93. The van der Waals surface area contributed by atoms with Crippen LogP contribution in [-0.2, 0) is 11.5 Å². The Balaban J connectivity index is 1.87. The molecule has 0 aliphatic heterocycles. The number of aromatic nitrogens is 1. The molecule has 0 aliphatic rings. The average Bonchev–Trinajstić information content (AvgIpc) is 2.77. The van der Waals surface area contributed by atoms with E-state index in [0.29, 0.717) is 17.7 Å². The quantitative estimate of drug-likeness (QED) is 0.383. The first-order valence-electron chi connectivity index (χ1n) is 9.11. The van der Waals surface area contributed by atoms with Gasteiger partial charge in [-0.2, -0.15) is 27.2 Å². The smallest absolute Gasteiger partial charge is 0.422 e. The molecule has 1 atom stereocenters. The van der Waals surface area contributed by atoms with Crippen LogP contribution in [-0.4, -0.2) is 22.9 Å². The molecule has 0 fully saturated rings. The van der Waals surface area contributed by atoms with Crippen molar-refractivity contribution < 1.29 is 40.6 Å². The van der Waals surface area contributed by atoms with E-state index in [2.05, 4.69) is 9.72 Å². The minimum atomic E-state index is -4.51. The highest BCUT2D eigenvalue weighted by Crippen LogP contribution is 2.45. The molecular weight excluding hydrogens is 457 g/mol. The molecule has 1 N–H and O–H groups in total. The van der Waals surface area contributed by atoms with Crippen LogP contribution < -0.4 is 4.74 Å². The van der Waals surface area contributed by atoms with Crippen molar-refractivity contribution in [2.45, 2.75) is 17.7 Å². The summed E-state index contributed by atoms with van der Waals surface area (Å²) in [6.07, 6.45) is -3.53. The van der Waals surface area contributed by atoms with Gasteiger partial charge in [0.05, 0.1) is 0 Å². The Bertz CT molecular complexity index is 1170. The summed E-state index contributed by atoms with van der Waals surface area (Å²) >= 11 is 0. The van der Waals surface area contributed by atoms with Crippen LogP contribution in [0.4, 0.5) is 30.7 Å². The summed E-state index contributed by atoms with van der Waals surface area (Å²) in [7, 11) is 0. The number of hydrogen-bond acceptors (Lipinski definition) is 4. The lowest BCUT2D eigenvalue weighted by Crippen LogP contribution is -2.43. The molecule has 0 saturated carbocycles. The molecule has 1 heterocycles. The van der Waals surface area contributed by atoms with Gasteiger partial charge in [-0.3, -0.25) is 4.98 Å². The van der Waals surface area contributed by atoms with Gasteiger partial charge in [0.1, 0.15) is 29.1 Å². The first-order valence-corrected chi connectivity index (χ1v) is 9.11. The monoisotopic (exact) mass is 470 g/mol. The van der Waals surface area contributed by atoms with Crippen LogP contribution in [0.3, 0.4) is 0 Å². The Kier molecular flexibility index (Phi) is 6.33. The maximum Gasteiger partial charge on any atom is 0.422 e. The SMILES string of the molecule is N#C[C@](O)(c1ccc(F)cc1F)C(F)(F)c1ccc(-c2ccc(OCC(F)(F)F)cc2)cn1. The largest absolute Gasteiger partial charge is 0.484 e. The van der Waals surface area contributed by atoms with E-state index in [1.165, 1.54) is 30.3 Å². The standard InChI is InChI=1S/C22H13F7N2O2/c23-15-4-7-17(18(24)9-15)20(32,11-30)22(28,29)19-8-3-14(10-31-19)13-1-5-16(6-2-13)33-12-21(25,26)27/h1-10,32H,12H2/t20-/m0/s1. The molecule has 3 aromatic rings. The topological polar surface area (TPSA) is 66.1 Å². The first-order chi connectivity index (χ1) is 15.4. The third-order valence-corrected chi connectivity index (χ3v) is 4.61. The van der Waals surface area contributed by atoms with Crippen LogP contribution in [0, 0.1) is 23.0 Å². The molecule has 0 bridgehead atoms. The van der Waals surface area contributed by atoms with Crippen LogP contribution in [0.15, 0.2) is 60.8 Å². The van der Waals surface area contributed by atoms with Gasteiger partial charge in [0.25, 0.3) is 0 Å². The van der Waals surface area contributed by atoms with Crippen LogP contribution >= 0.6 is 0 Å². The summed E-state index contributed by atoms with van der Waals surface area (Å²) in [6.45, 7) is -1.48. The van der Waals surface area contributed by atoms with Crippen LogP contribution in [0.5, 0.6) is 5.75 Å². The number of benzene rings is 2. The van der Waals surface area contributed by atoms with Gasteiger partial charge in [0, 0.05) is 23.4 Å². The zero-order valence-corrected chi connectivity index (χ0v) is 16.4. The Morgan fingerprint density at radius 2 is 1.55 bits per heavy atom. The van der Waals surface area contributed by atoms with Crippen molar-refractivity contribution in [3.8, 4) is 22.9 Å². The zero-order chi connectivity index (χ0) is 24.4. The number of ether oxygens (including phenoxy) is 1. The van der Waals surface area contributed by atoms with Gasteiger partial charge in [0.2, 0.25) is 5.60 Å². The first kappa shape index (κ1) is 24.0. The van der Waals surface area contributed by atoms with E-state index in [1.807, 2.05) is 0 Å². The molecule has 0 saturated heterocycles. The van der Waals surface area contributed by atoms with Gasteiger partial charge < -0.3 is 9.84 Å². The second kappa shape index (κ2) is 8.71. The van der Waals surface area contributed by atoms with E-state index in [1.54, 1.807) is 0 Å². The zero-order valence-electron chi connectivity index (χ0n) is 16.4. The maximum atomic E-state index is 15.0. The van der Waals surface area contributed by atoms with E-state index in [-0.39, 0.29) is 17.4 Å². The highest BCUT2D eigenvalue weighted by molar-refractivity contribution is 5.63. The Morgan fingerprint density at radius 3 is 2.06 bits per heavy atom. The van der Waals surface area contributed by atoms with Crippen molar-refractivity contribution in [2.75, 3.05) is 6.61 Å². The average molecular weight is 470 g/mol. The van der Waals surface area contributed by atoms with Crippen molar-refractivity contribution in [1.82, 2.24) is 4.98 Å². The molecule has 2 aromatic carbocycles. The lowest BCUT2D eigenvalue weighted by Gasteiger charge is -2.30. The Hall–Kier alpha value is -3.65. The molecule has 11 heteroatoms. The van der Waals surface area contributed by atoms with Crippen molar-refractivity contribution in [3.63, 3.8) is 0 Å². The van der Waals surface area contributed by atoms with Crippen molar-refractivity contribution in [2.24, 2.45) is 0 Å². The maximum absolute atomic E-state index is 15.0. The van der Waals surface area contributed by atoms with E-state index in [9.17, 15) is 32.3 Å². The second-order valence-electron chi connectivity index (χ2n) is 6.88. The third kappa shape index (κ3) is 4.90. The highest BCUT2D eigenvalue weighted by atomic mass is 19.4. The summed E-state index contributed by atoms with van der Waals surface area (Å²) in [5, 5.41) is 19.6. The van der Waals surface area contributed by atoms with Gasteiger partial charge >= 0.3 is 12.1 Å². The van der Waals surface area contributed by atoms with E-state index in [4.69, 9.17) is 0 Å².